The number of ether oxygens (including phenoxy) is 2. The molecule has 0 bridgehead atoms. The molecular weight excluding hydrogens is 400 g/mol. The first-order valence-corrected chi connectivity index (χ1v) is 11.5. The zero-order valence-corrected chi connectivity index (χ0v) is 18.4. The van der Waals surface area contributed by atoms with Crippen molar-refractivity contribution in [3.63, 3.8) is 0 Å². The topological polar surface area (TPSA) is 62.2 Å². The van der Waals surface area contributed by atoms with E-state index in [-0.39, 0.29) is 11.9 Å². The molecule has 1 fully saturated rings. The van der Waals surface area contributed by atoms with Crippen molar-refractivity contribution in [1.82, 2.24) is 9.80 Å². The Morgan fingerprint density at radius 1 is 1.33 bits per heavy atom. The van der Waals surface area contributed by atoms with E-state index < -0.39 is 6.10 Å². The molecule has 0 spiro atoms. The van der Waals surface area contributed by atoms with Crippen LogP contribution >= 0.6 is 11.3 Å². The fourth-order valence-electron chi connectivity index (χ4n) is 4.13. The minimum Gasteiger partial charge on any atom is -0.497 e. The Hall–Kier alpha value is -2.09. The summed E-state index contributed by atoms with van der Waals surface area (Å²) >= 11 is 1.75. The summed E-state index contributed by atoms with van der Waals surface area (Å²) in [5.41, 5.74) is 1.19. The first-order chi connectivity index (χ1) is 14.5. The summed E-state index contributed by atoms with van der Waals surface area (Å²) in [4.78, 5) is 18.7. The van der Waals surface area contributed by atoms with Gasteiger partial charge in [0.2, 0.25) is 5.91 Å². The molecule has 2 atom stereocenters. The molecule has 0 saturated heterocycles. The maximum Gasteiger partial charge on any atom is 0.237 e. The summed E-state index contributed by atoms with van der Waals surface area (Å²) in [6.07, 6.45) is 2.66. The Morgan fingerprint density at radius 2 is 2.13 bits per heavy atom. The summed E-state index contributed by atoms with van der Waals surface area (Å²) in [6.45, 7) is 3.78. The van der Waals surface area contributed by atoms with E-state index in [9.17, 15) is 9.90 Å². The molecule has 1 aromatic heterocycles. The molecule has 1 aliphatic heterocycles. The van der Waals surface area contributed by atoms with E-state index in [2.05, 4.69) is 16.3 Å². The Bertz CT molecular complexity index is 864. The zero-order chi connectivity index (χ0) is 21.1. The Labute approximate surface area is 182 Å². The number of benzene rings is 1. The van der Waals surface area contributed by atoms with Gasteiger partial charge in [-0.3, -0.25) is 9.69 Å². The SMILES string of the molecule is COc1cccc(OCC2c3ccsc3CCN2C(=O)CN(CC(C)O)C2CC2)c1. The smallest absolute Gasteiger partial charge is 0.237 e. The van der Waals surface area contributed by atoms with Crippen LogP contribution in [0, 0.1) is 0 Å². The number of fused-ring (bicyclic) bond motifs is 1. The van der Waals surface area contributed by atoms with Crippen molar-refractivity contribution in [1.29, 1.82) is 0 Å². The quantitative estimate of drug-likeness (QED) is 0.662. The molecule has 2 unspecified atom stereocenters. The number of thiophene rings is 1. The molecule has 1 saturated carbocycles. The van der Waals surface area contributed by atoms with Gasteiger partial charge in [0.1, 0.15) is 18.1 Å². The second-order valence-corrected chi connectivity index (χ2v) is 9.15. The number of aliphatic hydroxyl groups is 1. The van der Waals surface area contributed by atoms with Gasteiger partial charge in [0.25, 0.3) is 0 Å². The van der Waals surface area contributed by atoms with Gasteiger partial charge in [0.15, 0.2) is 0 Å². The molecule has 162 valence electrons. The standard InChI is InChI=1S/C23H30N2O4S/c1-16(26)13-24(17-6-7-17)14-23(27)25-10-8-22-20(9-11-30-22)21(25)15-29-19-5-3-4-18(12-19)28-2/h3-5,9,11-12,16-17,21,26H,6-8,10,13-15H2,1-2H3. The predicted molar refractivity (Wildman–Crippen MR) is 117 cm³/mol. The molecule has 2 aromatic rings. The predicted octanol–water partition coefficient (Wildman–Crippen LogP) is 3.11. The van der Waals surface area contributed by atoms with Crippen molar-refractivity contribution < 1.29 is 19.4 Å². The molecule has 1 aromatic carbocycles. The van der Waals surface area contributed by atoms with Crippen LogP contribution in [0.5, 0.6) is 11.5 Å². The number of amides is 1. The second kappa shape index (κ2) is 9.37. The summed E-state index contributed by atoms with van der Waals surface area (Å²) in [7, 11) is 1.64. The normalized spacial score (nSPS) is 19.5. The van der Waals surface area contributed by atoms with Crippen LogP contribution in [0.2, 0.25) is 0 Å². The Morgan fingerprint density at radius 3 is 2.87 bits per heavy atom. The molecule has 1 N–H and O–H groups in total. The average molecular weight is 431 g/mol. The summed E-state index contributed by atoms with van der Waals surface area (Å²) in [5.74, 6) is 1.59. The Kier molecular flexibility index (Phi) is 6.61. The number of hydrogen-bond donors (Lipinski definition) is 1. The van der Waals surface area contributed by atoms with Crippen LogP contribution in [0.1, 0.15) is 36.2 Å². The van der Waals surface area contributed by atoms with Crippen LogP contribution in [0.25, 0.3) is 0 Å². The van der Waals surface area contributed by atoms with Crippen molar-refractivity contribution >= 4 is 17.2 Å². The van der Waals surface area contributed by atoms with Crippen LogP contribution in [0.4, 0.5) is 0 Å². The Balaban J connectivity index is 1.48. The lowest BCUT2D eigenvalue weighted by Crippen LogP contribution is -2.48. The van der Waals surface area contributed by atoms with E-state index in [0.29, 0.717) is 32.3 Å². The zero-order valence-electron chi connectivity index (χ0n) is 17.6. The second-order valence-electron chi connectivity index (χ2n) is 8.15. The van der Waals surface area contributed by atoms with Gasteiger partial charge in [0, 0.05) is 30.1 Å². The highest BCUT2D eigenvalue weighted by molar-refractivity contribution is 7.10. The number of rotatable bonds is 9. The fraction of sp³-hybridized carbons (Fsp3) is 0.522. The van der Waals surface area contributed by atoms with Crippen LogP contribution in [0.3, 0.4) is 0 Å². The minimum absolute atomic E-state index is 0.105. The van der Waals surface area contributed by atoms with Gasteiger partial charge in [0.05, 0.1) is 25.8 Å². The van der Waals surface area contributed by atoms with E-state index in [1.54, 1.807) is 25.4 Å². The van der Waals surface area contributed by atoms with Gasteiger partial charge in [-0.25, -0.2) is 0 Å². The lowest BCUT2D eigenvalue weighted by Gasteiger charge is -2.37. The summed E-state index contributed by atoms with van der Waals surface area (Å²) in [6, 6.07) is 9.99. The van der Waals surface area contributed by atoms with E-state index in [4.69, 9.17) is 9.47 Å². The number of methoxy groups -OCH3 is 1. The van der Waals surface area contributed by atoms with Crippen molar-refractivity contribution in [2.75, 3.05) is 33.4 Å². The number of hydrogen-bond acceptors (Lipinski definition) is 6. The fourth-order valence-corrected chi connectivity index (χ4v) is 5.06. The van der Waals surface area contributed by atoms with Gasteiger partial charge in [-0.1, -0.05) is 6.07 Å². The van der Waals surface area contributed by atoms with Gasteiger partial charge < -0.3 is 19.5 Å². The van der Waals surface area contributed by atoms with Crippen molar-refractivity contribution in [3.8, 4) is 11.5 Å². The number of carbonyl (C=O) groups excluding carboxylic acids is 1. The van der Waals surface area contributed by atoms with Crippen molar-refractivity contribution in [2.45, 2.75) is 44.4 Å². The third-order valence-corrected chi connectivity index (χ3v) is 6.76. The van der Waals surface area contributed by atoms with E-state index in [1.165, 1.54) is 10.4 Å². The first kappa shape index (κ1) is 21.2. The molecule has 2 heterocycles. The van der Waals surface area contributed by atoms with E-state index in [0.717, 1.165) is 30.8 Å². The number of carbonyl (C=O) groups is 1. The molecule has 1 amide bonds. The minimum atomic E-state index is -0.435. The van der Waals surface area contributed by atoms with Gasteiger partial charge in [-0.05, 0) is 55.3 Å². The number of nitrogens with zero attached hydrogens (tertiary/aromatic N) is 2. The van der Waals surface area contributed by atoms with Gasteiger partial charge in [-0.15, -0.1) is 11.3 Å². The third kappa shape index (κ3) is 4.96. The first-order valence-electron chi connectivity index (χ1n) is 10.6. The molecular formula is C23H30N2O4S. The van der Waals surface area contributed by atoms with E-state index in [1.807, 2.05) is 29.2 Å². The van der Waals surface area contributed by atoms with Gasteiger partial charge >= 0.3 is 0 Å². The molecule has 2 aliphatic rings. The average Bonchev–Trinajstić information content (AvgIpc) is 3.48. The molecule has 7 heteroatoms. The highest BCUT2D eigenvalue weighted by Crippen LogP contribution is 2.35. The monoisotopic (exact) mass is 430 g/mol. The number of aliphatic hydroxyl groups excluding tert-OH is 1. The largest absolute Gasteiger partial charge is 0.497 e. The highest BCUT2D eigenvalue weighted by atomic mass is 32.1. The molecule has 6 nitrogen and oxygen atoms in total. The maximum absolute atomic E-state index is 13.3. The molecule has 0 radical (unpaired) electrons. The van der Waals surface area contributed by atoms with Crippen molar-refractivity contribution in [3.05, 3.63) is 46.2 Å². The highest BCUT2D eigenvalue weighted by Gasteiger charge is 2.36. The van der Waals surface area contributed by atoms with E-state index >= 15 is 0 Å². The lowest BCUT2D eigenvalue weighted by molar-refractivity contribution is -0.136. The van der Waals surface area contributed by atoms with Crippen LogP contribution in [-0.4, -0.2) is 66.3 Å². The van der Waals surface area contributed by atoms with Gasteiger partial charge in [-0.2, -0.15) is 0 Å². The maximum atomic E-state index is 13.3. The summed E-state index contributed by atoms with van der Waals surface area (Å²) < 4.78 is 11.4. The van der Waals surface area contributed by atoms with Crippen LogP contribution in [-0.2, 0) is 11.2 Å². The lowest BCUT2D eigenvalue weighted by atomic mass is 10.0. The third-order valence-electron chi connectivity index (χ3n) is 5.76. The van der Waals surface area contributed by atoms with Crippen LogP contribution in [0.15, 0.2) is 35.7 Å². The molecule has 1 aliphatic carbocycles. The summed E-state index contributed by atoms with van der Waals surface area (Å²) in [5, 5.41) is 11.9. The van der Waals surface area contributed by atoms with Crippen molar-refractivity contribution in [2.24, 2.45) is 0 Å². The molecule has 4 rings (SSSR count). The van der Waals surface area contributed by atoms with Crippen LogP contribution < -0.4 is 9.47 Å². The molecule has 30 heavy (non-hydrogen) atoms.